The number of rotatable bonds is 4. The van der Waals surface area contributed by atoms with E-state index in [0.717, 1.165) is 19.6 Å². The molecule has 1 unspecified atom stereocenters. The van der Waals surface area contributed by atoms with Crippen molar-refractivity contribution in [1.29, 1.82) is 0 Å². The lowest BCUT2D eigenvalue weighted by Crippen LogP contribution is -2.39. The molecule has 2 heterocycles. The van der Waals surface area contributed by atoms with E-state index in [4.69, 9.17) is 0 Å². The first-order valence-corrected chi connectivity index (χ1v) is 5.53. The summed E-state index contributed by atoms with van der Waals surface area (Å²) in [7, 11) is 0. The number of hydrogen-bond donors (Lipinski definition) is 2. The van der Waals surface area contributed by atoms with Crippen molar-refractivity contribution in [2.24, 2.45) is 5.92 Å². The van der Waals surface area contributed by atoms with Gasteiger partial charge in [0.1, 0.15) is 12.9 Å². The molecule has 96 valence electrons. The molecule has 0 bridgehead atoms. The minimum Gasteiger partial charge on any atom is -0.354 e. The Kier molecular flexibility index (Phi) is 5.85. The Morgan fingerprint density at radius 1 is 1.59 bits per heavy atom. The number of tetrazole rings is 1. The maximum atomic E-state index is 11.5. The molecule has 0 aromatic carbocycles. The van der Waals surface area contributed by atoms with Gasteiger partial charge in [-0.05, 0) is 42.3 Å². The topological polar surface area (TPSA) is 84.7 Å². The molecule has 17 heavy (non-hydrogen) atoms. The monoisotopic (exact) mass is 260 g/mol. The summed E-state index contributed by atoms with van der Waals surface area (Å²) in [4.78, 5) is 11.5. The van der Waals surface area contributed by atoms with E-state index in [9.17, 15) is 4.79 Å². The predicted octanol–water partition coefficient (Wildman–Crippen LogP) is -0.789. The number of hydrogen-bond acceptors (Lipinski definition) is 5. The summed E-state index contributed by atoms with van der Waals surface area (Å²) in [5.41, 5.74) is 0. The molecular formula is C9H17ClN6O. The van der Waals surface area contributed by atoms with E-state index in [1.807, 2.05) is 0 Å². The molecule has 1 atom stereocenters. The van der Waals surface area contributed by atoms with Crippen molar-refractivity contribution in [3.05, 3.63) is 6.33 Å². The van der Waals surface area contributed by atoms with Gasteiger partial charge >= 0.3 is 0 Å². The fraction of sp³-hybridized carbons (Fsp3) is 0.778. The van der Waals surface area contributed by atoms with Gasteiger partial charge in [0, 0.05) is 6.54 Å². The minimum absolute atomic E-state index is 0. The molecule has 0 aliphatic carbocycles. The Labute approximate surface area is 106 Å². The van der Waals surface area contributed by atoms with Crippen LogP contribution in [0.3, 0.4) is 0 Å². The Morgan fingerprint density at radius 3 is 3.12 bits per heavy atom. The van der Waals surface area contributed by atoms with Crippen LogP contribution in [0.1, 0.15) is 12.8 Å². The Hall–Kier alpha value is -1.21. The zero-order valence-corrected chi connectivity index (χ0v) is 10.3. The number of nitrogens with one attached hydrogen (secondary N) is 2. The van der Waals surface area contributed by atoms with Gasteiger partial charge in [-0.25, -0.2) is 4.68 Å². The second-order valence-electron chi connectivity index (χ2n) is 4.02. The zero-order valence-electron chi connectivity index (χ0n) is 9.50. The Balaban J connectivity index is 0.00000144. The molecule has 1 aromatic heterocycles. The smallest absolute Gasteiger partial charge is 0.241 e. The molecule has 1 aliphatic rings. The molecule has 1 aliphatic heterocycles. The van der Waals surface area contributed by atoms with Gasteiger partial charge in [0.25, 0.3) is 0 Å². The van der Waals surface area contributed by atoms with Crippen molar-refractivity contribution in [3.8, 4) is 0 Å². The van der Waals surface area contributed by atoms with Crippen LogP contribution in [0.15, 0.2) is 6.33 Å². The van der Waals surface area contributed by atoms with Crippen LogP contribution in [0.5, 0.6) is 0 Å². The second-order valence-corrected chi connectivity index (χ2v) is 4.02. The molecule has 8 heteroatoms. The Morgan fingerprint density at radius 2 is 2.47 bits per heavy atom. The SMILES string of the molecule is Cl.O=C(Cn1cnnn1)NCC1CCCNC1. The minimum atomic E-state index is -0.0436. The van der Waals surface area contributed by atoms with Crippen LogP contribution in [-0.2, 0) is 11.3 Å². The van der Waals surface area contributed by atoms with Crippen LogP contribution in [0.2, 0.25) is 0 Å². The maximum Gasteiger partial charge on any atom is 0.241 e. The standard InChI is InChI=1S/C9H16N6O.ClH/c16-9(6-15-7-12-13-14-15)11-5-8-2-1-3-10-4-8;/h7-8,10H,1-6H2,(H,11,16);1H. The second kappa shape index (κ2) is 7.18. The number of nitrogens with zero attached hydrogens (tertiary/aromatic N) is 4. The van der Waals surface area contributed by atoms with Crippen LogP contribution in [0, 0.1) is 5.92 Å². The van der Waals surface area contributed by atoms with E-state index in [0.29, 0.717) is 5.92 Å². The highest BCUT2D eigenvalue weighted by atomic mass is 35.5. The van der Waals surface area contributed by atoms with Crippen LogP contribution >= 0.6 is 12.4 Å². The molecular weight excluding hydrogens is 244 g/mol. The van der Waals surface area contributed by atoms with Crippen molar-refractivity contribution in [2.45, 2.75) is 19.4 Å². The van der Waals surface area contributed by atoms with E-state index in [1.54, 1.807) is 0 Å². The first kappa shape index (κ1) is 13.9. The van der Waals surface area contributed by atoms with E-state index in [2.05, 4.69) is 26.2 Å². The number of halogens is 1. The maximum absolute atomic E-state index is 11.5. The number of carbonyl (C=O) groups is 1. The predicted molar refractivity (Wildman–Crippen MR) is 63.7 cm³/mol. The lowest BCUT2D eigenvalue weighted by Gasteiger charge is -2.22. The van der Waals surface area contributed by atoms with Gasteiger partial charge < -0.3 is 10.6 Å². The Bertz CT molecular complexity index is 324. The third-order valence-corrected chi connectivity index (χ3v) is 2.68. The normalized spacial score (nSPS) is 19.4. The van der Waals surface area contributed by atoms with Gasteiger partial charge in [0.05, 0.1) is 0 Å². The molecule has 0 saturated carbocycles. The van der Waals surface area contributed by atoms with Crippen LogP contribution < -0.4 is 10.6 Å². The molecule has 0 spiro atoms. The largest absolute Gasteiger partial charge is 0.354 e. The summed E-state index contributed by atoms with van der Waals surface area (Å²) in [6.45, 7) is 3.00. The van der Waals surface area contributed by atoms with Crippen LogP contribution in [-0.4, -0.2) is 45.7 Å². The number of amides is 1. The molecule has 2 rings (SSSR count). The van der Waals surface area contributed by atoms with Crippen molar-refractivity contribution < 1.29 is 4.79 Å². The average molecular weight is 261 g/mol. The lowest BCUT2D eigenvalue weighted by molar-refractivity contribution is -0.122. The van der Waals surface area contributed by atoms with Gasteiger partial charge in [0.2, 0.25) is 5.91 Å². The molecule has 2 N–H and O–H groups in total. The van der Waals surface area contributed by atoms with Gasteiger partial charge in [-0.15, -0.1) is 17.5 Å². The van der Waals surface area contributed by atoms with Gasteiger partial charge in [-0.1, -0.05) is 0 Å². The fourth-order valence-electron chi connectivity index (χ4n) is 1.81. The summed E-state index contributed by atoms with van der Waals surface area (Å²) in [6.07, 6.45) is 3.80. The van der Waals surface area contributed by atoms with Crippen molar-refractivity contribution in [3.63, 3.8) is 0 Å². The van der Waals surface area contributed by atoms with Crippen LogP contribution in [0.4, 0.5) is 0 Å². The van der Waals surface area contributed by atoms with Gasteiger partial charge in [-0.2, -0.15) is 0 Å². The average Bonchev–Trinajstić information content (AvgIpc) is 2.81. The van der Waals surface area contributed by atoms with Gasteiger partial charge in [0.15, 0.2) is 0 Å². The third kappa shape index (κ3) is 4.66. The number of piperidine rings is 1. The lowest BCUT2D eigenvalue weighted by atomic mass is 10.00. The first-order valence-electron chi connectivity index (χ1n) is 5.53. The number of carbonyl (C=O) groups excluding carboxylic acids is 1. The van der Waals surface area contributed by atoms with E-state index >= 15 is 0 Å². The highest BCUT2D eigenvalue weighted by Gasteiger charge is 2.13. The molecule has 7 nitrogen and oxygen atoms in total. The van der Waals surface area contributed by atoms with E-state index in [-0.39, 0.29) is 24.9 Å². The molecule has 1 aromatic rings. The van der Waals surface area contributed by atoms with E-state index < -0.39 is 0 Å². The zero-order chi connectivity index (χ0) is 11.2. The van der Waals surface area contributed by atoms with Crippen molar-refractivity contribution in [2.75, 3.05) is 19.6 Å². The number of aromatic nitrogens is 4. The summed E-state index contributed by atoms with van der Waals surface area (Å²) in [6, 6.07) is 0. The summed E-state index contributed by atoms with van der Waals surface area (Å²) in [5, 5.41) is 16.8. The molecule has 1 fully saturated rings. The molecule has 1 amide bonds. The quantitative estimate of drug-likeness (QED) is 0.741. The molecule has 0 radical (unpaired) electrons. The van der Waals surface area contributed by atoms with Crippen LogP contribution in [0.25, 0.3) is 0 Å². The highest BCUT2D eigenvalue weighted by Crippen LogP contribution is 2.07. The summed E-state index contributed by atoms with van der Waals surface area (Å²) >= 11 is 0. The fourth-order valence-corrected chi connectivity index (χ4v) is 1.81. The van der Waals surface area contributed by atoms with Gasteiger partial charge in [-0.3, -0.25) is 4.79 Å². The van der Waals surface area contributed by atoms with Crippen molar-refractivity contribution in [1.82, 2.24) is 30.8 Å². The third-order valence-electron chi connectivity index (χ3n) is 2.68. The highest BCUT2D eigenvalue weighted by molar-refractivity contribution is 5.85. The summed E-state index contributed by atoms with van der Waals surface area (Å²) in [5.74, 6) is 0.504. The van der Waals surface area contributed by atoms with Crippen molar-refractivity contribution >= 4 is 18.3 Å². The summed E-state index contributed by atoms with van der Waals surface area (Å²) < 4.78 is 1.41. The molecule has 1 saturated heterocycles. The first-order chi connectivity index (χ1) is 7.84. The van der Waals surface area contributed by atoms with E-state index in [1.165, 1.54) is 23.9 Å².